The number of fused-ring (bicyclic) bond motifs is 1. The average molecular weight is 715 g/mol. The van der Waals surface area contributed by atoms with Gasteiger partial charge >= 0.3 is 6.03 Å². The standard InChI is InChI=1S/C35H66N6O7S/c1-27(2)28(3)41(4)19-8-7-16-36-32(43)14-9-15-33(44)38-18-11-21-47-23-25-48-24-22-46-20-10-17-37-31(42)13-6-5-12-30-34-29(26-49-30)39-35(45)40-34/h27-30,34H,5-26H2,1-4H3,(H,36,43)(H,37,42)(H,38,44)(H2,39,40,45)/t28?,29-,30-,34-/m0/s1. The Morgan fingerprint density at radius 1 is 0.735 bits per heavy atom. The largest absolute Gasteiger partial charge is 0.379 e. The van der Waals surface area contributed by atoms with Crippen LogP contribution < -0.4 is 26.6 Å². The molecule has 2 heterocycles. The summed E-state index contributed by atoms with van der Waals surface area (Å²) in [7, 11) is 2.15. The van der Waals surface area contributed by atoms with Gasteiger partial charge in [0.25, 0.3) is 0 Å². The molecule has 14 heteroatoms. The van der Waals surface area contributed by atoms with E-state index in [1.165, 1.54) is 0 Å². The van der Waals surface area contributed by atoms with Crippen molar-refractivity contribution in [3.63, 3.8) is 0 Å². The first-order chi connectivity index (χ1) is 23.7. The fraction of sp³-hybridized carbons (Fsp3) is 0.886. The Hall–Kier alpha value is -2.13. The van der Waals surface area contributed by atoms with Crippen LogP contribution in [0.1, 0.15) is 91.4 Å². The van der Waals surface area contributed by atoms with Crippen LogP contribution >= 0.6 is 11.8 Å². The fourth-order valence-electron chi connectivity index (χ4n) is 5.72. The zero-order valence-electron chi connectivity index (χ0n) is 30.7. The highest BCUT2D eigenvalue weighted by atomic mass is 32.2. The monoisotopic (exact) mass is 714 g/mol. The summed E-state index contributed by atoms with van der Waals surface area (Å²) in [6.45, 7) is 12.6. The molecule has 2 saturated heterocycles. The smallest absolute Gasteiger partial charge is 0.315 e. The van der Waals surface area contributed by atoms with Gasteiger partial charge in [0.15, 0.2) is 0 Å². The Labute approximate surface area is 299 Å². The van der Waals surface area contributed by atoms with Gasteiger partial charge in [-0.25, -0.2) is 4.79 Å². The number of nitrogens with one attached hydrogen (secondary N) is 5. The van der Waals surface area contributed by atoms with E-state index in [9.17, 15) is 19.2 Å². The average Bonchev–Trinajstić information content (AvgIpc) is 3.63. The number of thioether (sulfide) groups is 1. The SMILES string of the molecule is CC(C)C(C)N(C)CCCCNC(=O)CCCC(=O)NCCCOCCOCCOCCCNC(=O)CCCC[C@@H]1SC[C@@H]2NC(=O)N[C@@H]21. The highest BCUT2D eigenvalue weighted by molar-refractivity contribution is 8.00. The van der Waals surface area contributed by atoms with Crippen molar-refractivity contribution in [2.24, 2.45) is 5.92 Å². The highest BCUT2D eigenvalue weighted by Crippen LogP contribution is 2.33. The zero-order chi connectivity index (χ0) is 35.7. The molecule has 0 aromatic heterocycles. The van der Waals surface area contributed by atoms with Crippen LogP contribution in [-0.2, 0) is 28.6 Å². The van der Waals surface area contributed by atoms with E-state index in [0.29, 0.717) is 102 Å². The number of urea groups is 1. The van der Waals surface area contributed by atoms with Gasteiger partial charge in [-0.15, -0.1) is 0 Å². The molecule has 4 atom stereocenters. The third kappa shape index (κ3) is 20.3. The number of ether oxygens (including phenoxy) is 3. The molecule has 0 bridgehead atoms. The second kappa shape index (κ2) is 26.6. The van der Waals surface area contributed by atoms with Crippen molar-refractivity contribution in [2.75, 3.05) is 78.6 Å². The summed E-state index contributed by atoms with van der Waals surface area (Å²) in [4.78, 5) is 49.9. The molecule has 5 N–H and O–H groups in total. The minimum Gasteiger partial charge on any atom is -0.379 e. The van der Waals surface area contributed by atoms with E-state index in [2.05, 4.69) is 59.3 Å². The minimum atomic E-state index is -0.0580. The van der Waals surface area contributed by atoms with E-state index < -0.39 is 0 Å². The van der Waals surface area contributed by atoms with Crippen LogP contribution in [0, 0.1) is 5.92 Å². The van der Waals surface area contributed by atoms with Gasteiger partial charge in [0.05, 0.1) is 38.5 Å². The number of nitrogens with zero attached hydrogens (tertiary/aromatic N) is 1. The van der Waals surface area contributed by atoms with Crippen molar-refractivity contribution in [2.45, 2.75) is 115 Å². The maximum Gasteiger partial charge on any atom is 0.315 e. The molecule has 0 spiro atoms. The third-order valence-corrected chi connectivity index (χ3v) is 10.6. The van der Waals surface area contributed by atoms with E-state index in [4.69, 9.17) is 14.2 Å². The molecule has 0 saturated carbocycles. The zero-order valence-corrected chi connectivity index (χ0v) is 31.5. The lowest BCUT2D eigenvalue weighted by Crippen LogP contribution is -2.36. The Kier molecular flexibility index (Phi) is 23.4. The number of carbonyl (C=O) groups is 4. The third-order valence-electron chi connectivity index (χ3n) is 9.13. The van der Waals surface area contributed by atoms with E-state index in [-0.39, 0.29) is 35.8 Å². The molecule has 2 rings (SSSR count). The Morgan fingerprint density at radius 3 is 1.84 bits per heavy atom. The van der Waals surface area contributed by atoms with Gasteiger partial charge < -0.3 is 45.7 Å². The second-order valence-corrected chi connectivity index (χ2v) is 14.8. The Balaban J connectivity index is 1.25. The van der Waals surface area contributed by atoms with Gasteiger partial charge in [0.2, 0.25) is 17.7 Å². The molecule has 1 unspecified atom stereocenters. The minimum absolute atomic E-state index is 0.00996. The van der Waals surface area contributed by atoms with Crippen molar-refractivity contribution in [3.05, 3.63) is 0 Å². The lowest BCUT2D eigenvalue weighted by Gasteiger charge is -2.27. The number of hydrogen-bond acceptors (Lipinski definition) is 9. The molecule has 2 aliphatic heterocycles. The first-order valence-corrected chi connectivity index (χ1v) is 19.6. The van der Waals surface area contributed by atoms with Crippen LogP contribution in [0.4, 0.5) is 4.79 Å². The van der Waals surface area contributed by atoms with E-state index in [1.807, 2.05) is 11.8 Å². The molecule has 284 valence electrons. The first-order valence-electron chi connectivity index (χ1n) is 18.6. The molecular weight excluding hydrogens is 648 g/mol. The summed E-state index contributed by atoms with van der Waals surface area (Å²) in [6.07, 6.45) is 8.14. The summed E-state index contributed by atoms with van der Waals surface area (Å²) >= 11 is 1.91. The van der Waals surface area contributed by atoms with Gasteiger partial charge in [-0.2, -0.15) is 11.8 Å². The number of amides is 5. The number of rotatable bonds is 30. The molecule has 49 heavy (non-hydrogen) atoms. The van der Waals surface area contributed by atoms with Crippen molar-refractivity contribution in [1.82, 2.24) is 31.5 Å². The van der Waals surface area contributed by atoms with Gasteiger partial charge in [-0.3, -0.25) is 14.4 Å². The summed E-state index contributed by atoms with van der Waals surface area (Å²) in [5.41, 5.74) is 0. The summed E-state index contributed by atoms with van der Waals surface area (Å²) < 4.78 is 16.6. The van der Waals surface area contributed by atoms with Crippen LogP contribution in [0.2, 0.25) is 0 Å². The predicted molar refractivity (Wildman–Crippen MR) is 195 cm³/mol. The molecule has 2 aliphatic rings. The highest BCUT2D eigenvalue weighted by Gasteiger charge is 2.42. The molecule has 13 nitrogen and oxygen atoms in total. The van der Waals surface area contributed by atoms with Crippen LogP contribution in [0.15, 0.2) is 0 Å². The van der Waals surface area contributed by atoms with Crippen molar-refractivity contribution < 1.29 is 33.4 Å². The lowest BCUT2D eigenvalue weighted by atomic mass is 10.0. The van der Waals surface area contributed by atoms with Crippen LogP contribution in [0.3, 0.4) is 0 Å². The lowest BCUT2D eigenvalue weighted by molar-refractivity contribution is -0.123. The van der Waals surface area contributed by atoms with E-state index in [0.717, 1.165) is 57.2 Å². The van der Waals surface area contributed by atoms with Gasteiger partial charge in [-0.05, 0) is 71.4 Å². The molecular formula is C35H66N6O7S. The first kappa shape index (κ1) is 43.0. The number of unbranched alkanes of at least 4 members (excludes halogenated alkanes) is 2. The summed E-state index contributed by atoms with van der Waals surface area (Å²) in [5, 5.41) is 15.2. The van der Waals surface area contributed by atoms with Gasteiger partial charge in [0.1, 0.15) is 0 Å². The second-order valence-electron chi connectivity index (χ2n) is 13.5. The molecule has 0 radical (unpaired) electrons. The quantitative estimate of drug-likeness (QED) is 0.0557. The van der Waals surface area contributed by atoms with E-state index in [1.54, 1.807) is 0 Å². The molecule has 2 fully saturated rings. The number of carbonyl (C=O) groups excluding carboxylic acids is 4. The molecule has 0 aliphatic carbocycles. The van der Waals surface area contributed by atoms with Gasteiger partial charge in [-0.1, -0.05) is 20.3 Å². The van der Waals surface area contributed by atoms with Crippen LogP contribution in [0.25, 0.3) is 0 Å². The normalized spacial score (nSPS) is 19.1. The number of hydrogen-bond donors (Lipinski definition) is 5. The topological polar surface area (TPSA) is 159 Å². The van der Waals surface area contributed by atoms with E-state index >= 15 is 0 Å². The predicted octanol–water partition coefficient (Wildman–Crippen LogP) is 2.82. The maximum absolute atomic E-state index is 12.1. The summed E-state index contributed by atoms with van der Waals surface area (Å²) in [5.74, 6) is 1.64. The Bertz CT molecular complexity index is 946. The molecule has 0 aromatic carbocycles. The molecule has 5 amide bonds. The Morgan fingerprint density at radius 2 is 1.27 bits per heavy atom. The van der Waals surface area contributed by atoms with Crippen molar-refractivity contribution in [3.8, 4) is 0 Å². The maximum atomic E-state index is 12.1. The van der Waals surface area contributed by atoms with Crippen LogP contribution in [-0.4, -0.2) is 131 Å². The van der Waals surface area contributed by atoms with Crippen molar-refractivity contribution >= 4 is 35.5 Å². The van der Waals surface area contributed by atoms with Crippen molar-refractivity contribution in [1.29, 1.82) is 0 Å². The molecule has 0 aromatic rings. The fourth-order valence-corrected chi connectivity index (χ4v) is 7.26. The van der Waals surface area contributed by atoms with Crippen LogP contribution in [0.5, 0.6) is 0 Å². The van der Waals surface area contributed by atoms with Gasteiger partial charge in [0, 0.05) is 69.2 Å². The summed E-state index contributed by atoms with van der Waals surface area (Å²) in [6, 6.07) is 0.970.